The number of nitrogens with zero attached hydrogens (tertiary/aromatic N) is 4. The number of aliphatic carboxylic acids is 1. The van der Waals surface area contributed by atoms with Gasteiger partial charge in [0.2, 0.25) is 0 Å². The van der Waals surface area contributed by atoms with E-state index >= 15 is 0 Å². The lowest BCUT2D eigenvalue weighted by atomic mass is 10.1. The molecule has 0 bridgehead atoms. The molecule has 1 unspecified atom stereocenters. The van der Waals surface area contributed by atoms with Crippen molar-refractivity contribution in [3.63, 3.8) is 0 Å². The quantitative estimate of drug-likeness (QED) is 0.806. The van der Waals surface area contributed by atoms with Crippen LogP contribution in [-0.4, -0.2) is 33.9 Å². The number of rotatable bonds is 2. The molecule has 0 aromatic carbocycles. The Morgan fingerprint density at radius 2 is 2.35 bits per heavy atom. The van der Waals surface area contributed by atoms with E-state index in [0.29, 0.717) is 30.8 Å². The van der Waals surface area contributed by atoms with Gasteiger partial charge in [-0.15, -0.1) is 0 Å². The van der Waals surface area contributed by atoms with Crippen molar-refractivity contribution in [1.82, 2.24) is 9.78 Å². The first-order chi connectivity index (χ1) is 8.04. The normalized spacial score (nSPS) is 19.4. The molecule has 1 saturated heterocycles. The minimum atomic E-state index is -0.773. The van der Waals surface area contributed by atoms with Crippen LogP contribution in [0.2, 0.25) is 0 Å². The molecule has 1 aromatic rings. The van der Waals surface area contributed by atoms with Crippen LogP contribution >= 0.6 is 0 Å². The lowest BCUT2D eigenvalue weighted by molar-refractivity contribution is -0.140. The van der Waals surface area contributed by atoms with Crippen LogP contribution in [0.3, 0.4) is 0 Å². The van der Waals surface area contributed by atoms with Gasteiger partial charge in [0.05, 0.1) is 11.6 Å². The van der Waals surface area contributed by atoms with E-state index in [1.807, 2.05) is 4.90 Å². The van der Waals surface area contributed by atoms with Crippen LogP contribution in [0, 0.1) is 24.2 Å². The Kier molecular flexibility index (Phi) is 2.76. The van der Waals surface area contributed by atoms with Crippen molar-refractivity contribution in [3.8, 4) is 6.07 Å². The zero-order chi connectivity index (χ0) is 12.6. The topological polar surface area (TPSA) is 82.2 Å². The van der Waals surface area contributed by atoms with Gasteiger partial charge in [-0.2, -0.15) is 10.4 Å². The van der Waals surface area contributed by atoms with Crippen molar-refractivity contribution in [2.45, 2.75) is 13.3 Å². The molecule has 0 amide bonds. The Morgan fingerprint density at radius 1 is 1.65 bits per heavy atom. The highest BCUT2D eigenvalue weighted by molar-refractivity contribution is 5.72. The Bertz CT molecular complexity index is 500. The van der Waals surface area contributed by atoms with Gasteiger partial charge in [-0.05, 0) is 13.3 Å². The van der Waals surface area contributed by atoms with Gasteiger partial charge < -0.3 is 10.0 Å². The summed E-state index contributed by atoms with van der Waals surface area (Å²) in [4.78, 5) is 12.8. The standard InChI is InChI=1S/C11H14N4O2/c1-7-9(5-12)10(14(2)13-7)15-4-3-8(6-15)11(16)17/h8H,3-4,6H2,1-2H3,(H,16,17). The Balaban J connectivity index is 2.31. The Morgan fingerprint density at radius 3 is 2.88 bits per heavy atom. The van der Waals surface area contributed by atoms with Gasteiger partial charge in [0.15, 0.2) is 0 Å². The summed E-state index contributed by atoms with van der Waals surface area (Å²) in [7, 11) is 1.78. The fourth-order valence-corrected chi connectivity index (χ4v) is 2.29. The molecule has 0 aliphatic carbocycles. The van der Waals surface area contributed by atoms with E-state index in [2.05, 4.69) is 11.2 Å². The van der Waals surface area contributed by atoms with Gasteiger partial charge in [-0.25, -0.2) is 0 Å². The molecule has 17 heavy (non-hydrogen) atoms. The zero-order valence-electron chi connectivity index (χ0n) is 9.84. The van der Waals surface area contributed by atoms with E-state index in [9.17, 15) is 4.79 Å². The number of hydrogen-bond acceptors (Lipinski definition) is 4. The number of aryl methyl sites for hydroxylation is 2. The molecule has 1 fully saturated rings. The zero-order valence-corrected chi connectivity index (χ0v) is 9.84. The highest BCUT2D eigenvalue weighted by Gasteiger charge is 2.31. The molecular weight excluding hydrogens is 220 g/mol. The van der Waals surface area contributed by atoms with Gasteiger partial charge >= 0.3 is 5.97 Å². The first-order valence-electron chi connectivity index (χ1n) is 5.46. The van der Waals surface area contributed by atoms with Gasteiger partial charge in [0.1, 0.15) is 17.5 Å². The summed E-state index contributed by atoms with van der Waals surface area (Å²) in [5, 5.41) is 22.3. The average molecular weight is 234 g/mol. The number of carbonyl (C=O) groups is 1. The number of carboxylic acid groups (broad SMARTS) is 1. The maximum absolute atomic E-state index is 10.9. The van der Waals surface area contributed by atoms with E-state index < -0.39 is 5.97 Å². The second kappa shape index (κ2) is 4.09. The highest BCUT2D eigenvalue weighted by Crippen LogP contribution is 2.28. The molecule has 6 nitrogen and oxygen atoms in total. The molecule has 1 aliphatic rings. The van der Waals surface area contributed by atoms with E-state index in [1.54, 1.807) is 18.7 Å². The first-order valence-corrected chi connectivity index (χ1v) is 5.46. The summed E-state index contributed by atoms with van der Waals surface area (Å²) >= 11 is 0. The lowest BCUT2D eigenvalue weighted by Crippen LogP contribution is -2.25. The molecule has 0 spiro atoms. The van der Waals surface area contributed by atoms with Crippen molar-refractivity contribution in [3.05, 3.63) is 11.3 Å². The summed E-state index contributed by atoms with van der Waals surface area (Å²) < 4.78 is 1.65. The summed E-state index contributed by atoms with van der Waals surface area (Å²) in [5.41, 5.74) is 1.22. The van der Waals surface area contributed by atoms with Crippen molar-refractivity contribution < 1.29 is 9.90 Å². The number of anilines is 1. The van der Waals surface area contributed by atoms with Crippen LogP contribution in [0.25, 0.3) is 0 Å². The van der Waals surface area contributed by atoms with Crippen LogP contribution in [0.5, 0.6) is 0 Å². The molecule has 2 rings (SSSR count). The molecule has 1 N–H and O–H groups in total. The monoisotopic (exact) mass is 234 g/mol. The van der Waals surface area contributed by atoms with Gasteiger partial charge in [-0.1, -0.05) is 0 Å². The van der Waals surface area contributed by atoms with Gasteiger partial charge in [-0.3, -0.25) is 9.48 Å². The third-order valence-electron chi connectivity index (χ3n) is 3.14. The Hall–Kier alpha value is -2.03. The SMILES string of the molecule is Cc1nn(C)c(N2CCC(C(=O)O)C2)c1C#N. The maximum Gasteiger partial charge on any atom is 0.308 e. The Labute approximate surface area is 99.1 Å². The molecule has 2 heterocycles. The fourth-order valence-electron chi connectivity index (χ4n) is 2.29. The number of hydrogen-bond donors (Lipinski definition) is 1. The predicted octanol–water partition coefficient (Wildman–Crippen LogP) is 0.511. The highest BCUT2D eigenvalue weighted by atomic mass is 16.4. The lowest BCUT2D eigenvalue weighted by Gasteiger charge is -2.18. The molecule has 0 radical (unpaired) electrons. The summed E-state index contributed by atoms with van der Waals surface area (Å²) in [6, 6.07) is 2.13. The van der Waals surface area contributed by atoms with Gasteiger partial charge in [0.25, 0.3) is 0 Å². The second-order valence-electron chi connectivity index (χ2n) is 4.29. The predicted molar refractivity (Wildman–Crippen MR) is 60.6 cm³/mol. The largest absolute Gasteiger partial charge is 0.481 e. The maximum atomic E-state index is 10.9. The third-order valence-corrected chi connectivity index (χ3v) is 3.14. The number of carboxylic acids is 1. The number of aromatic nitrogens is 2. The van der Waals surface area contributed by atoms with Crippen LogP contribution in [0.15, 0.2) is 0 Å². The first kappa shape index (κ1) is 11.5. The van der Waals surface area contributed by atoms with Gasteiger partial charge in [0, 0.05) is 20.1 Å². The smallest absolute Gasteiger partial charge is 0.308 e. The summed E-state index contributed by atoms with van der Waals surface area (Å²) in [5.74, 6) is -0.393. The molecule has 6 heteroatoms. The minimum Gasteiger partial charge on any atom is -0.481 e. The molecule has 90 valence electrons. The van der Waals surface area contributed by atoms with E-state index in [4.69, 9.17) is 10.4 Å². The molecule has 0 saturated carbocycles. The van der Waals surface area contributed by atoms with E-state index in [1.165, 1.54) is 0 Å². The van der Waals surface area contributed by atoms with Crippen LogP contribution in [0.4, 0.5) is 5.82 Å². The van der Waals surface area contributed by atoms with Crippen molar-refractivity contribution in [1.29, 1.82) is 5.26 Å². The third kappa shape index (κ3) is 1.84. The second-order valence-corrected chi connectivity index (χ2v) is 4.29. The summed E-state index contributed by atoms with van der Waals surface area (Å²) in [6.07, 6.45) is 0.616. The van der Waals surface area contributed by atoms with Crippen LogP contribution < -0.4 is 4.90 Å². The fraction of sp³-hybridized carbons (Fsp3) is 0.545. The molecule has 1 aromatic heterocycles. The average Bonchev–Trinajstić information content (AvgIpc) is 2.82. The van der Waals surface area contributed by atoms with Crippen molar-refractivity contribution in [2.75, 3.05) is 18.0 Å². The molecule has 1 atom stereocenters. The van der Waals surface area contributed by atoms with Crippen molar-refractivity contribution in [2.24, 2.45) is 13.0 Å². The minimum absolute atomic E-state index is 0.350. The molecular formula is C11H14N4O2. The van der Waals surface area contributed by atoms with E-state index in [-0.39, 0.29) is 5.92 Å². The van der Waals surface area contributed by atoms with E-state index in [0.717, 1.165) is 5.82 Å². The molecule has 1 aliphatic heterocycles. The number of nitriles is 1. The summed E-state index contributed by atoms with van der Waals surface area (Å²) in [6.45, 7) is 2.89. The van der Waals surface area contributed by atoms with Crippen molar-refractivity contribution >= 4 is 11.8 Å². The van der Waals surface area contributed by atoms with Crippen LogP contribution in [-0.2, 0) is 11.8 Å². The van der Waals surface area contributed by atoms with Crippen LogP contribution in [0.1, 0.15) is 17.7 Å².